The third-order valence-electron chi connectivity index (χ3n) is 1.75. The zero-order chi connectivity index (χ0) is 11.4. The number of Topliss-reactive ketones (excluding diaryl/α,β-unsaturated/α-hetero) is 1. The molecule has 1 aromatic rings. The fourth-order valence-corrected chi connectivity index (χ4v) is 1.61. The molecular weight excluding hydrogens is 239 g/mol. The van der Waals surface area contributed by atoms with Crippen LogP contribution in [0.4, 0.5) is 0 Å². The summed E-state index contributed by atoms with van der Waals surface area (Å²) in [5.74, 6) is -1.28. The lowest BCUT2D eigenvalue weighted by Gasteiger charge is -2.01. The first-order chi connectivity index (χ1) is 6.99. The summed E-state index contributed by atoms with van der Waals surface area (Å²) in [6.07, 6.45) is -0.241. The summed E-state index contributed by atoms with van der Waals surface area (Å²) in [5.41, 5.74) is 0.341. The fourth-order valence-electron chi connectivity index (χ4n) is 1.08. The van der Waals surface area contributed by atoms with Crippen molar-refractivity contribution >= 4 is 35.0 Å². The van der Waals surface area contributed by atoms with Crippen LogP contribution in [0.2, 0.25) is 10.0 Å². The van der Waals surface area contributed by atoms with Crippen LogP contribution in [0.5, 0.6) is 0 Å². The van der Waals surface area contributed by atoms with E-state index in [2.05, 4.69) is 0 Å². The molecule has 0 amide bonds. The van der Waals surface area contributed by atoms with Gasteiger partial charge in [-0.05, 0) is 18.2 Å². The Bertz CT molecular complexity index is 381. The highest BCUT2D eigenvalue weighted by atomic mass is 35.5. The normalized spacial score (nSPS) is 10.0. The summed E-state index contributed by atoms with van der Waals surface area (Å²) in [6.45, 7) is 0. The van der Waals surface area contributed by atoms with Gasteiger partial charge in [0, 0.05) is 22.0 Å². The average Bonchev–Trinajstić information content (AvgIpc) is 2.12. The number of halogens is 2. The minimum atomic E-state index is -1.00. The van der Waals surface area contributed by atoms with Gasteiger partial charge in [0.2, 0.25) is 0 Å². The van der Waals surface area contributed by atoms with Crippen molar-refractivity contribution in [2.75, 3.05) is 0 Å². The SMILES string of the molecule is O=C(O)CCC(=O)c1cc(Cl)cc(Cl)c1. The van der Waals surface area contributed by atoms with Gasteiger partial charge in [0.25, 0.3) is 0 Å². The summed E-state index contributed by atoms with van der Waals surface area (Å²) < 4.78 is 0. The number of carboxylic acids is 1. The maximum atomic E-state index is 11.5. The molecule has 0 bridgehead atoms. The molecule has 0 fully saturated rings. The molecule has 1 rings (SSSR count). The van der Waals surface area contributed by atoms with Gasteiger partial charge in [0.15, 0.2) is 5.78 Å². The molecule has 0 atom stereocenters. The van der Waals surface area contributed by atoms with Crippen LogP contribution in [-0.4, -0.2) is 16.9 Å². The van der Waals surface area contributed by atoms with Crippen LogP contribution in [0, 0.1) is 0 Å². The quantitative estimate of drug-likeness (QED) is 0.832. The lowest BCUT2D eigenvalue weighted by Crippen LogP contribution is -2.03. The molecule has 0 radical (unpaired) electrons. The van der Waals surface area contributed by atoms with E-state index in [0.717, 1.165) is 0 Å². The maximum absolute atomic E-state index is 11.5. The van der Waals surface area contributed by atoms with Gasteiger partial charge in [-0.1, -0.05) is 23.2 Å². The van der Waals surface area contributed by atoms with E-state index in [4.69, 9.17) is 28.3 Å². The van der Waals surface area contributed by atoms with Crippen molar-refractivity contribution < 1.29 is 14.7 Å². The van der Waals surface area contributed by atoms with Crippen LogP contribution >= 0.6 is 23.2 Å². The third kappa shape index (κ3) is 3.90. The monoisotopic (exact) mass is 246 g/mol. The van der Waals surface area contributed by atoms with Gasteiger partial charge in [0.05, 0.1) is 6.42 Å². The van der Waals surface area contributed by atoms with E-state index in [1.165, 1.54) is 18.2 Å². The molecule has 0 saturated carbocycles. The molecule has 0 aliphatic rings. The molecule has 0 aliphatic carbocycles. The number of benzene rings is 1. The van der Waals surface area contributed by atoms with E-state index >= 15 is 0 Å². The predicted octanol–water partition coefficient (Wildman–Crippen LogP) is 3.04. The summed E-state index contributed by atoms with van der Waals surface area (Å²) in [4.78, 5) is 21.7. The van der Waals surface area contributed by atoms with Crippen LogP contribution < -0.4 is 0 Å². The second kappa shape index (κ2) is 5.14. The number of carbonyl (C=O) groups is 2. The highest BCUT2D eigenvalue weighted by Crippen LogP contribution is 2.20. The Morgan fingerprint density at radius 2 is 1.60 bits per heavy atom. The molecule has 0 aliphatic heterocycles. The molecule has 3 nitrogen and oxygen atoms in total. The number of carbonyl (C=O) groups excluding carboxylic acids is 1. The summed E-state index contributed by atoms with van der Waals surface area (Å²) in [5, 5.41) is 9.14. The largest absolute Gasteiger partial charge is 0.481 e. The van der Waals surface area contributed by atoms with Crippen LogP contribution in [0.15, 0.2) is 18.2 Å². The molecular formula is C10H8Cl2O3. The smallest absolute Gasteiger partial charge is 0.303 e. The van der Waals surface area contributed by atoms with Gasteiger partial charge in [0.1, 0.15) is 0 Å². The highest BCUT2D eigenvalue weighted by molar-refractivity contribution is 6.35. The number of aliphatic carboxylic acids is 1. The molecule has 0 heterocycles. The topological polar surface area (TPSA) is 54.4 Å². The molecule has 1 N–H and O–H groups in total. The van der Waals surface area contributed by atoms with Crippen molar-refractivity contribution in [1.29, 1.82) is 0 Å². The molecule has 0 aromatic heterocycles. The van der Waals surface area contributed by atoms with Crippen molar-refractivity contribution in [2.45, 2.75) is 12.8 Å². The van der Waals surface area contributed by atoms with Crippen molar-refractivity contribution in [2.24, 2.45) is 0 Å². The van der Waals surface area contributed by atoms with Crippen LogP contribution in [-0.2, 0) is 4.79 Å². The number of ketones is 1. The maximum Gasteiger partial charge on any atom is 0.303 e. The lowest BCUT2D eigenvalue weighted by atomic mass is 10.1. The highest BCUT2D eigenvalue weighted by Gasteiger charge is 2.09. The van der Waals surface area contributed by atoms with E-state index < -0.39 is 5.97 Å². The van der Waals surface area contributed by atoms with E-state index in [9.17, 15) is 9.59 Å². The Morgan fingerprint density at radius 3 is 2.07 bits per heavy atom. The zero-order valence-corrected chi connectivity index (χ0v) is 9.18. The van der Waals surface area contributed by atoms with E-state index in [0.29, 0.717) is 15.6 Å². The van der Waals surface area contributed by atoms with Crippen molar-refractivity contribution in [3.63, 3.8) is 0 Å². The van der Waals surface area contributed by atoms with Gasteiger partial charge >= 0.3 is 5.97 Å². The first kappa shape index (κ1) is 12.0. The molecule has 0 saturated heterocycles. The van der Waals surface area contributed by atoms with Gasteiger partial charge in [-0.25, -0.2) is 0 Å². The fraction of sp³-hybridized carbons (Fsp3) is 0.200. The number of hydrogen-bond donors (Lipinski definition) is 1. The van der Waals surface area contributed by atoms with Gasteiger partial charge in [-0.2, -0.15) is 0 Å². The van der Waals surface area contributed by atoms with Gasteiger partial charge in [-0.3, -0.25) is 9.59 Å². The molecule has 1 aromatic carbocycles. The Kier molecular flexibility index (Phi) is 4.12. The van der Waals surface area contributed by atoms with E-state index in [-0.39, 0.29) is 18.6 Å². The van der Waals surface area contributed by atoms with E-state index in [1.54, 1.807) is 0 Å². The zero-order valence-electron chi connectivity index (χ0n) is 7.67. The van der Waals surface area contributed by atoms with E-state index in [1.807, 2.05) is 0 Å². The summed E-state index contributed by atoms with van der Waals surface area (Å²) in [6, 6.07) is 4.45. The minimum Gasteiger partial charge on any atom is -0.481 e. The first-order valence-electron chi connectivity index (χ1n) is 4.20. The average molecular weight is 247 g/mol. The third-order valence-corrected chi connectivity index (χ3v) is 2.19. The Labute approximate surface area is 96.6 Å². The van der Waals surface area contributed by atoms with Crippen LogP contribution in [0.25, 0.3) is 0 Å². The number of carboxylic acid groups (broad SMARTS) is 1. The van der Waals surface area contributed by atoms with Crippen molar-refractivity contribution in [3.05, 3.63) is 33.8 Å². The standard InChI is InChI=1S/C10H8Cl2O3/c11-7-3-6(4-8(12)5-7)9(13)1-2-10(14)15/h3-5H,1-2H2,(H,14,15). The summed E-state index contributed by atoms with van der Waals surface area (Å²) >= 11 is 11.4. The number of hydrogen-bond acceptors (Lipinski definition) is 2. The number of rotatable bonds is 4. The first-order valence-corrected chi connectivity index (χ1v) is 4.95. The molecule has 15 heavy (non-hydrogen) atoms. The second-order valence-corrected chi connectivity index (χ2v) is 3.85. The molecule has 0 unspecified atom stereocenters. The Morgan fingerprint density at radius 1 is 1.07 bits per heavy atom. The predicted molar refractivity (Wildman–Crippen MR) is 57.7 cm³/mol. The molecule has 0 spiro atoms. The second-order valence-electron chi connectivity index (χ2n) is 2.98. The molecule has 5 heteroatoms. The van der Waals surface area contributed by atoms with Gasteiger partial charge < -0.3 is 5.11 Å². The molecule has 80 valence electrons. The Balaban J connectivity index is 2.77. The van der Waals surface area contributed by atoms with Gasteiger partial charge in [-0.15, -0.1) is 0 Å². The van der Waals surface area contributed by atoms with Crippen molar-refractivity contribution in [3.8, 4) is 0 Å². The van der Waals surface area contributed by atoms with Crippen molar-refractivity contribution in [1.82, 2.24) is 0 Å². The van der Waals surface area contributed by atoms with Crippen LogP contribution in [0.1, 0.15) is 23.2 Å². The minimum absolute atomic E-state index is 0.0496. The Hall–Kier alpha value is -1.06. The lowest BCUT2D eigenvalue weighted by molar-refractivity contribution is -0.136. The van der Waals surface area contributed by atoms with Crippen LogP contribution in [0.3, 0.4) is 0 Å². The summed E-state index contributed by atoms with van der Waals surface area (Å²) in [7, 11) is 0.